The van der Waals surface area contributed by atoms with Crippen LogP contribution in [0.3, 0.4) is 0 Å². The van der Waals surface area contributed by atoms with Gasteiger partial charge in [-0.25, -0.2) is 0 Å². The first-order chi connectivity index (χ1) is 11.1. The van der Waals surface area contributed by atoms with Gasteiger partial charge in [0, 0.05) is 37.0 Å². The molecule has 1 unspecified atom stereocenters. The van der Waals surface area contributed by atoms with Crippen LogP contribution >= 0.6 is 0 Å². The molecule has 2 rings (SSSR count). The zero-order valence-electron chi connectivity index (χ0n) is 14.8. The highest BCUT2D eigenvalue weighted by molar-refractivity contribution is 5.25. The second kappa shape index (κ2) is 8.27. The molecular weight excluding hydrogens is 286 g/mol. The first kappa shape index (κ1) is 17.7. The van der Waals surface area contributed by atoms with Crippen LogP contribution in [0.2, 0.25) is 0 Å². The third-order valence-corrected chi connectivity index (χ3v) is 4.49. The minimum Gasteiger partial charge on any atom is -0.396 e. The van der Waals surface area contributed by atoms with Crippen molar-refractivity contribution in [3.8, 4) is 0 Å². The average Bonchev–Trinajstić information content (AvgIpc) is 2.81. The van der Waals surface area contributed by atoms with Crippen molar-refractivity contribution >= 4 is 0 Å². The number of aryl methyl sites for hydroxylation is 2. The van der Waals surface area contributed by atoms with Crippen molar-refractivity contribution in [1.82, 2.24) is 14.7 Å². The van der Waals surface area contributed by atoms with E-state index >= 15 is 0 Å². The molecule has 1 aromatic heterocycles. The van der Waals surface area contributed by atoms with Crippen LogP contribution in [0.5, 0.6) is 0 Å². The van der Waals surface area contributed by atoms with Crippen LogP contribution in [0.4, 0.5) is 0 Å². The van der Waals surface area contributed by atoms with E-state index in [9.17, 15) is 5.11 Å². The number of aliphatic hydroxyl groups is 1. The molecule has 0 aliphatic heterocycles. The van der Waals surface area contributed by atoms with E-state index in [2.05, 4.69) is 66.8 Å². The molecule has 0 saturated heterocycles. The van der Waals surface area contributed by atoms with Gasteiger partial charge in [0.15, 0.2) is 0 Å². The molecule has 1 atom stereocenters. The molecule has 0 aliphatic carbocycles. The third kappa shape index (κ3) is 4.21. The Hall–Kier alpha value is -1.65. The van der Waals surface area contributed by atoms with Gasteiger partial charge in [-0.05, 0) is 39.3 Å². The van der Waals surface area contributed by atoms with Crippen LogP contribution in [0.25, 0.3) is 0 Å². The molecule has 4 heteroatoms. The minimum absolute atomic E-state index is 0.191. The summed E-state index contributed by atoms with van der Waals surface area (Å²) in [6, 6.07) is 10.6. The lowest BCUT2D eigenvalue weighted by Gasteiger charge is -2.28. The Morgan fingerprint density at radius 2 is 1.91 bits per heavy atom. The molecule has 0 fully saturated rings. The van der Waals surface area contributed by atoms with Crippen molar-refractivity contribution in [3.05, 3.63) is 52.8 Å². The molecule has 0 bridgehead atoms. The molecule has 2 aromatic rings. The Labute approximate surface area is 139 Å². The van der Waals surface area contributed by atoms with Crippen LogP contribution in [0, 0.1) is 13.8 Å². The highest BCUT2D eigenvalue weighted by Gasteiger charge is 2.20. The number of aromatic nitrogens is 2. The molecule has 0 radical (unpaired) electrons. The van der Waals surface area contributed by atoms with Crippen molar-refractivity contribution in [2.45, 2.75) is 52.7 Å². The summed E-state index contributed by atoms with van der Waals surface area (Å²) in [7, 11) is 2.13. The van der Waals surface area contributed by atoms with Crippen molar-refractivity contribution in [2.75, 3.05) is 13.7 Å². The molecule has 0 aliphatic rings. The van der Waals surface area contributed by atoms with Gasteiger partial charge in [0.2, 0.25) is 0 Å². The maximum Gasteiger partial charge on any atom is 0.0641 e. The van der Waals surface area contributed by atoms with Gasteiger partial charge in [0.25, 0.3) is 0 Å². The molecule has 0 amide bonds. The van der Waals surface area contributed by atoms with Crippen LogP contribution in [0.1, 0.15) is 48.3 Å². The Balaban J connectivity index is 2.20. The topological polar surface area (TPSA) is 41.3 Å². The summed E-state index contributed by atoms with van der Waals surface area (Å²) in [4.78, 5) is 2.32. The molecule has 1 aromatic carbocycles. The predicted octanol–water partition coefficient (Wildman–Crippen LogP) is 3.47. The standard InChI is InChI=1S/C19H29N3O/c1-5-12-22-16(3)18(15(2)20-22)14-21(4)19(11-13-23)17-9-7-6-8-10-17/h6-10,19,23H,5,11-14H2,1-4H3. The van der Waals surface area contributed by atoms with E-state index in [0.29, 0.717) is 0 Å². The summed E-state index contributed by atoms with van der Waals surface area (Å²) in [6.07, 6.45) is 1.83. The van der Waals surface area contributed by atoms with Crippen LogP contribution in [0.15, 0.2) is 30.3 Å². The average molecular weight is 315 g/mol. The lowest BCUT2D eigenvalue weighted by molar-refractivity contribution is 0.179. The molecule has 1 N–H and O–H groups in total. The van der Waals surface area contributed by atoms with Gasteiger partial charge in [0.05, 0.1) is 5.69 Å². The first-order valence-electron chi connectivity index (χ1n) is 8.47. The minimum atomic E-state index is 0.191. The monoisotopic (exact) mass is 315 g/mol. The maximum atomic E-state index is 9.45. The maximum absolute atomic E-state index is 9.45. The van der Waals surface area contributed by atoms with E-state index in [1.165, 1.54) is 16.8 Å². The zero-order valence-corrected chi connectivity index (χ0v) is 14.8. The third-order valence-electron chi connectivity index (χ3n) is 4.49. The van der Waals surface area contributed by atoms with Gasteiger partial charge >= 0.3 is 0 Å². The van der Waals surface area contributed by atoms with Gasteiger partial charge in [-0.3, -0.25) is 9.58 Å². The van der Waals surface area contributed by atoms with Gasteiger partial charge in [0.1, 0.15) is 0 Å². The molecule has 0 saturated carbocycles. The molecule has 23 heavy (non-hydrogen) atoms. The second-order valence-corrected chi connectivity index (χ2v) is 6.23. The number of aliphatic hydroxyl groups excluding tert-OH is 1. The van der Waals surface area contributed by atoms with Gasteiger partial charge < -0.3 is 5.11 Å². The number of benzene rings is 1. The molecule has 1 heterocycles. The van der Waals surface area contributed by atoms with Crippen molar-refractivity contribution in [1.29, 1.82) is 0 Å². The number of hydrogen-bond donors (Lipinski definition) is 1. The van der Waals surface area contributed by atoms with E-state index in [4.69, 9.17) is 0 Å². The Bertz CT molecular complexity index is 607. The number of rotatable bonds is 8. The van der Waals surface area contributed by atoms with Crippen molar-refractivity contribution < 1.29 is 5.11 Å². The van der Waals surface area contributed by atoms with Crippen LogP contribution < -0.4 is 0 Å². The molecule has 0 spiro atoms. The number of hydrogen-bond acceptors (Lipinski definition) is 3. The largest absolute Gasteiger partial charge is 0.396 e. The highest BCUT2D eigenvalue weighted by atomic mass is 16.3. The molecular formula is C19H29N3O. The summed E-state index contributed by atoms with van der Waals surface area (Å²) >= 11 is 0. The SMILES string of the molecule is CCCn1nc(C)c(CN(C)C(CCO)c2ccccc2)c1C. The summed E-state index contributed by atoms with van der Waals surface area (Å²) < 4.78 is 2.11. The van der Waals surface area contributed by atoms with E-state index in [1.54, 1.807) is 0 Å². The normalized spacial score (nSPS) is 12.8. The molecule has 126 valence electrons. The van der Waals surface area contributed by atoms with E-state index in [1.807, 2.05) is 6.07 Å². The second-order valence-electron chi connectivity index (χ2n) is 6.23. The van der Waals surface area contributed by atoms with Gasteiger partial charge in [-0.15, -0.1) is 0 Å². The van der Waals surface area contributed by atoms with E-state index in [-0.39, 0.29) is 12.6 Å². The summed E-state index contributed by atoms with van der Waals surface area (Å²) in [5.41, 5.74) is 4.92. The Kier molecular flexibility index (Phi) is 6.37. The highest BCUT2D eigenvalue weighted by Crippen LogP contribution is 2.26. The van der Waals surface area contributed by atoms with Crippen molar-refractivity contribution in [3.63, 3.8) is 0 Å². The fraction of sp³-hybridized carbons (Fsp3) is 0.526. The van der Waals surface area contributed by atoms with Crippen LogP contribution in [-0.2, 0) is 13.1 Å². The van der Waals surface area contributed by atoms with Crippen LogP contribution in [-0.4, -0.2) is 33.4 Å². The lowest BCUT2D eigenvalue weighted by Crippen LogP contribution is -2.25. The van der Waals surface area contributed by atoms with Crippen molar-refractivity contribution in [2.24, 2.45) is 0 Å². The molecule has 4 nitrogen and oxygen atoms in total. The Morgan fingerprint density at radius 3 is 2.52 bits per heavy atom. The van der Waals surface area contributed by atoms with Gasteiger partial charge in [-0.1, -0.05) is 37.3 Å². The smallest absolute Gasteiger partial charge is 0.0641 e. The summed E-state index contributed by atoms with van der Waals surface area (Å²) in [5.74, 6) is 0. The number of nitrogens with zero attached hydrogens (tertiary/aromatic N) is 3. The zero-order chi connectivity index (χ0) is 16.8. The van der Waals surface area contributed by atoms with E-state index in [0.717, 1.165) is 31.6 Å². The Morgan fingerprint density at radius 1 is 1.22 bits per heavy atom. The predicted molar refractivity (Wildman–Crippen MR) is 94.3 cm³/mol. The summed E-state index contributed by atoms with van der Waals surface area (Å²) in [5, 5.41) is 14.1. The lowest BCUT2D eigenvalue weighted by atomic mass is 10.0. The fourth-order valence-electron chi connectivity index (χ4n) is 3.19. The van der Waals surface area contributed by atoms with E-state index < -0.39 is 0 Å². The summed E-state index contributed by atoms with van der Waals surface area (Å²) in [6.45, 7) is 8.43. The first-order valence-corrected chi connectivity index (χ1v) is 8.47. The fourth-order valence-corrected chi connectivity index (χ4v) is 3.19. The quantitative estimate of drug-likeness (QED) is 0.811. The van der Waals surface area contributed by atoms with Gasteiger partial charge in [-0.2, -0.15) is 5.10 Å².